The monoisotopic (exact) mass is 419 g/mol. The SMILES string of the molecule is COC(=O)c1nc(-c2cncc(F)c2)c2ccc(=O)n(CCc3ccccc3)c2c1O. The van der Waals surface area contributed by atoms with Crippen molar-refractivity contribution in [2.24, 2.45) is 0 Å². The molecule has 0 unspecified atom stereocenters. The topological polar surface area (TPSA) is 94.3 Å². The predicted octanol–water partition coefficient (Wildman–Crippen LogP) is 3.33. The first-order chi connectivity index (χ1) is 15.0. The van der Waals surface area contributed by atoms with E-state index >= 15 is 0 Å². The van der Waals surface area contributed by atoms with E-state index in [0.717, 1.165) is 18.9 Å². The summed E-state index contributed by atoms with van der Waals surface area (Å²) in [6, 6.07) is 13.6. The number of rotatable bonds is 5. The molecule has 0 aliphatic heterocycles. The maximum absolute atomic E-state index is 13.8. The van der Waals surface area contributed by atoms with Crippen LogP contribution in [0.5, 0.6) is 5.75 Å². The van der Waals surface area contributed by atoms with Crippen LogP contribution in [-0.2, 0) is 17.7 Å². The molecule has 0 aliphatic carbocycles. The van der Waals surface area contributed by atoms with Gasteiger partial charge in [-0.3, -0.25) is 9.78 Å². The van der Waals surface area contributed by atoms with Gasteiger partial charge in [-0.2, -0.15) is 0 Å². The third-order valence-corrected chi connectivity index (χ3v) is 4.93. The Morgan fingerprint density at radius 3 is 2.65 bits per heavy atom. The number of hydrogen-bond donors (Lipinski definition) is 1. The van der Waals surface area contributed by atoms with Gasteiger partial charge >= 0.3 is 5.97 Å². The van der Waals surface area contributed by atoms with E-state index in [2.05, 4.69) is 9.97 Å². The number of esters is 1. The molecule has 3 aromatic heterocycles. The quantitative estimate of drug-likeness (QED) is 0.499. The van der Waals surface area contributed by atoms with Crippen LogP contribution in [0.4, 0.5) is 4.39 Å². The molecule has 0 bridgehead atoms. The van der Waals surface area contributed by atoms with Crippen molar-refractivity contribution < 1.29 is 19.0 Å². The zero-order valence-corrected chi connectivity index (χ0v) is 16.6. The molecule has 156 valence electrons. The molecule has 0 fully saturated rings. The van der Waals surface area contributed by atoms with Crippen LogP contribution in [0.2, 0.25) is 0 Å². The summed E-state index contributed by atoms with van der Waals surface area (Å²) in [4.78, 5) is 33.0. The summed E-state index contributed by atoms with van der Waals surface area (Å²) in [6.07, 6.45) is 2.96. The molecule has 0 aliphatic rings. The normalized spacial score (nSPS) is 10.9. The number of carbonyl (C=O) groups is 1. The molecule has 0 saturated carbocycles. The Labute approximate surface area is 176 Å². The van der Waals surface area contributed by atoms with Gasteiger partial charge in [-0.25, -0.2) is 14.2 Å². The van der Waals surface area contributed by atoms with Gasteiger partial charge < -0.3 is 14.4 Å². The lowest BCUT2D eigenvalue weighted by Gasteiger charge is -2.16. The maximum Gasteiger partial charge on any atom is 0.360 e. The first-order valence-corrected chi connectivity index (χ1v) is 9.49. The third kappa shape index (κ3) is 3.87. The van der Waals surface area contributed by atoms with Crippen LogP contribution < -0.4 is 5.56 Å². The molecule has 4 rings (SSSR count). The van der Waals surface area contributed by atoms with E-state index < -0.39 is 17.5 Å². The average Bonchev–Trinajstić information content (AvgIpc) is 2.79. The number of fused-ring (bicyclic) bond motifs is 1. The number of nitrogens with zero attached hydrogens (tertiary/aromatic N) is 3. The van der Waals surface area contributed by atoms with Gasteiger partial charge in [0.2, 0.25) is 0 Å². The predicted molar refractivity (Wildman–Crippen MR) is 112 cm³/mol. The van der Waals surface area contributed by atoms with Gasteiger partial charge in [-0.1, -0.05) is 30.3 Å². The van der Waals surface area contributed by atoms with Crippen LogP contribution in [0.3, 0.4) is 0 Å². The van der Waals surface area contributed by atoms with Crippen molar-refractivity contribution in [3.8, 4) is 17.0 Å². The van der Waals surface area contributed by atoms with Crippen molar-refractivity contribution >= 4 is 16.9 Å². The molecule has 0 radical (unpaired) electrons. The maximum atomic E-state index is 13.8. The number of hydrogen-bond acceptors (Lipinski definition) is 6. The average molecular weight is 419 g/mol. The lowest BCUT2D eigenvalue weighted by atomic mass is 10.1. The highest BCUT2D eigenvalue weighted by molar-refractivity contribution is 6.03. The van der Waals surface area contributed by atoms with Gasteiger partial charge in [0, 0.05) is 29.8 Å². The summed E-state index contributed by atoms with van der Waals surface area (Å²) in [7, 11) is 1.16. The smallest absolute Gasteiger partial charge is 0.360 e. The van der Waals surface area contributed by atoms with Gasteiger partial charge in [0.15, 0.2) is 11.4 Å². The van der Waals surface area contributed by atoms with E-state index in [9.17, 15) is 19.1 Å². The van der Waals surface area contributed by atoms with E-state index in [1.807, 2.05) is 30.3 Å². The molecule has 4 aromatic rings. The van der Waals surface area contributed by atoms with Gasteiger partial charge in [-0.05, 0) is 24.1 Å². The number of carbonyl (C=O) groups excluding carboxylic acids is 1. The Bertz CT molecular complexity index is 1340. The van der Waals surface area contributed by atoms with Crippen LogP contribution >= 0.6 is 0 Å². The molecule has 0 saturated heterocycles. The Balaban J connectivity index is 1.98. The van der Waals surface area contributed by atoms with Gasteiger partial charge in [0.05, 0.1) is 24.5 Å². The zero-order chi connectivity index (χ0) is 22.0. The fraction of sp³-hybridized carbons (Fsp3) is 0.130. The molecule has 31 heavy (non-hydrogen) atoms. The highest BCUT2D eigenvalue weighted by Gasteiger charge is 2.23. The second-order valence-corrected chi connectivity index (χ2v) is 6.86. The number of benzene rings is 1. The first-order valence-electron chi connectivity index (χ1n) is 9.49. The number of aromatic nitrogens is 3. The molecule has 0 spiro atoms. The standard InChI is InChI=1S/C23H18FN3O4/c1-31-23(30)20-22(29)21-17(19(26-20)15-11-16(24)13-25-12-15)7-8-18(28)27(21)10-9-14-5-3-2-4-6-14/h2-8,11-13,29H,9-10H2,1H3. The summed E-state index contributed by atoms with van der Waals surface area (Å²) < 4.78 is 19.9. The molecular weight excluding hydrogens is 401 g/mol. The molecule has 3 heterocycles. The van der Waals surface area contributed by atoms with Gasteiger partial charge in [0.25, 0.3) is 5.56 Å². The molecule has 0 atom stereocenters. The van der Waals surface area contributed by atoms with Crippen LogP contribution in [0.1, 0.15) is 16.1 Å². The molecule has 7 nitrogen and oxygen atoms in total. The molecule has 1 aromatic carbocycles. The fourth-order valence-electron chi connectivity index (χ4n) is 3.47. The van der Waals surface area contributed by atoms with Crippen molar-refractivity contribution in [3.63, 3.8) is 0 Å². The van der Waals surface area contributed by atoms with Crippen molar-refractivity contribution in [3.05, 3.63) is 88.4 Å². The highest BCUT2D eigenvalue weighted by Crippen LogP contribution is 2.34. The van der Waals surface area contributed by atoms with Gasteiger partial charge in [0.1, 0.15) is 5.82 Å². The molecule has 0 amide bonds. The minimum atomic E-state index is -0.879. The van der Waals surface area contributed by atoms with Crippen molar-refractivity contribution in [2.75, 3.05) is 7.11 Å². The summed E-state index contributed by atoms with van der Waals surface area (Å²) in [6.45, 7) is 0.249. The number of halogens is 1. The Hall–Kier alpha value is -4.07. The van der Waals surface area contributed by atoms with Crippen LogP contribution in [0.15, 0.2) is 65.7 Å². The number of aromatic hydroxyl groups is 1. The summed E-state index contributed by atoms with van der Waals surface area (Å²) in [5.74, 6) is -1.94. The Morgan fingerprint density at radius 1 is 1.16 bits per heavy atom. The number of methoxy groups -OCH3 is 1. The van der Waals surface area contributed by atoms with E-state index in [-0.39, 0.29) is 29.0 Å². The Kier molecular flexibility index (Phi) is 5.44. The molecular formula is C23H18FN3O4. The van der Waals surface area contributed by atoms with Gasteiger partial charge in [-0.15, -0.1) is 0 Å². The second-order valence-electron chi connectivity index (χ2n) is 6.86. The molecule has 1 N–H and O–H groups in total. The number of aryl methyl sites for hydroxylation is 2. The second kappa shape index (κ2) is 8.35. The van der Waals surface area contributed by atoms with Crippen molar-refractivity contribution in [1.29, 1.82) is 0 Å². The first kappa shape index (κ1) is 20.2. The van der Waals surface area contributed by atoms with Crippen LogP contribution in [0.25, 0.3) is 22.2 Å². The largest absolute Gasteiger partial charge is 0.504 e. The van der Waals surface area contributed by atoms with Crippen LogP contribution in [-0.4, -0.2) is 32.7 Å². The third-order valence-electron chi connectivity index (χ3n) is 4.93. The van der Waals surface area contributed by atoms with E-state index in [1.54, 1.807) is 0 Å². The highest BCUT2D eigenvalue weighted by atomic mass is 19.1. The number of ether oxygens (including phenoxy) is 1. The summed E-state index contributed by atoms with van der Waals surface area (Å²) in [5.41, 5.74) is 0.898. The molecule has 8 heteroatoms. The van der Waals surface area contributed by atoms with E-state index in [0.29, 0.717) is 17.4 Å². The van der Waals surface area contributed by atoms with E-state index in [4.69, 9.17) is 4.74 Å². The zero-order valence-electron chi connectivity index (χ0n) is 16.6. The van der Waals surface area contributed by atoms with E-state index in [1.165, 1.54) is 29.0 Å². The van der Waals surface area contributed by atoms with Crippen LogP contribution in [0, 0.1) is 5.82 Å². The summed E-state index contributed by atoms with van der Waals surface area (Å²) >= 11 is 0. The lowest BCUT2D eigenvalue weighted by Crippen LogP contribution is -2.21. The fourth-order valence-corrected chi connectivity index (χ4v) is 3.47. The van der Waals surface area contributed by atoms with Crippen molar-refractivity contribution in [1.82, 2.24) is 14.5 Å². The lowest BCUT2D eigenvalue weighted by molar-refractivity contribution is 0.0591. The van der Waals surface area contributed by atoms with Crippen molar-refractivity contribution in [2.45, 2.75) is 13.0 Å². The minimum Gasteiger partial charge on any atom is -0.504 e. The summed E-state index contributed by atoms with van der Waals surface area (Å²) in [5, 5.41) is 11.2. The Morgan fingerprint density at radius 2 is 1.94 bits per heavy atom. The minimum absolute atomic E-state index is 0.123. The number of pyridine rings is 3.